The summed E-state index contributed by atoms with van der Waals surface area (Å²) in [6, 6.07) is 5.46. The van der Waals surface area contributed by atoms with Crippen LogP contribution in [-0.2, 0) is 0 Å². The molecule has 0 radical (unpaired) electrons. The number of nitrogens with two attached hydrogens (primary N) is 1. The van der Waals surface area contributed by atoms with Crippen molar-refractivity contribution in [3.8, 4) is 11.6 Å². The summed E-state index contributed by atoms with van der Waals surface area (Å²) in [6.45, 7) is 3.80. The zero-order chi connectivity index (χ0) is 13.4. The van der Waals surface area contributed by atoms with Gasteiger partial charge in [-0.25, -0.2) is 4.98 Å². The smallest absolute Gasteiger partial charge is 0.265 e. The fourth-order valence-corrected chi connectivity index (χ4v) is 1.88. The molecule has 0 atom stereocenters. The molecular formula is C13H13N5O. The van der Waals surface area contributed by atoms with Crippen LogP contribution in [0.25, 0.3) is 5.65 Å². The Labute approximate surface area is 109 Å². The van der Waals surface area contributed by atoms with E-state index >= 15 is 0 Å². The van der Waals surface area contributed by atoms with Gasteiger partial charge in [-0.3, -0.25) is 4.40 Å². The quantitative estimate of drug-likeness (QED) is 0.709. The van der Waals surface area contributed by atoms with Crippen LogP contribution in [0.3, 0.4) is 0 Å². The first-order valence-corrected chi connectivity index (χ1v) is 5.85. The van der Waals surface area contributed by atoms with E-state index in [1.165, 1.54) is 0 Å². The first-order chi connectivity index (χ1) is 9.15. The highest BCUT2D eigenvalue weighted by Gasteiger charge is 2.11. The molecule has 0 aliphatic heterocycles. The van der Waals surface area contributed by atoms with Crippen LogP contribution in [0.4, 0.5) is 5.69 Å². The number of ether oxygens (including phenoxy) is 1. The maximum Gasteiger partial charge on any atom is 0.265 e. The van der Waals surface area contributed by atoms with Crippen molar-refractivity contribution in [2.24, 2.45) is 0 Å². The maximum absolute atomic E-state index is 5.80. The number of anilines is 1. The van der Waals surface area contributed by atoms with Gasteiger partial charge in [-0.05, 0) is 37.6 Å². The van der Waals surface area contributed by atoms with Crippen molar-refractivity contribution >= 4 is 11.3 Å². The van der Waals surface area contributed by atoms with Gasteiger partial charge in [0, 0.05) is 18.1 Å². The summed E-state index contributed by atoms with van der Waals surface area (Å²) in [5, 5.41) is 8.07. The van der Waals surface area contributed by atoms with Gasteiger partial charge in [0.25, 0.3) is 5.88 Å². The highest BCUT2D eigenvalue weighted by atomic mass is 16.5. The predicted octanol–water partition coefficient (Wildman–Crippen LogP) is 2.12. The van der Waals surface area contributed by atoms with Crippen molar-refractivity contribution in [2.45, 2.75) is 13.8 Å². The number of fused-ring (bicyclic) bond motifs is 1. The summed E-state index contributed by atoms with van der Waals surface area (Å²) in [7, 11) is 0. The summed E-state index contributed by atoms with van der Waals surface area (Å²) < 4.78 is 7.63. The van der Waals surface area contributed by atoms with Crippen LogP contribution < -0.4 is 10.5 Å². The lowest BCUT2D eigenvalue weighted by molar-refractivity contribution is 0.461. The molecule has 0 fully saturated rings. The zero-order valence-corrected chi connectivity index (χ0v) is 10.7. The average molecular weight is 255 g/mol. The number of hydrogen-bond donors (Lipinski definition) is 1. The zero-order valence-electron chi connectivity index (χ0n) is 10.7. The summed E-state index contributed by atoms with van der Waals surface area (Å²) in [5.74, 6) is 1.92. The monoisotopic (exact) mass is 255 g/mol. The third-order valence-electron chi connectivity index (χ3n) is 2.87. The van der Waals surface area contributed by atoms with Crippen LogP contribution in [0.2, 0.25) is 0 Å². The van der Waals surface area contributed by atoms with Gasteiger partial charge in [-0.2, -0.15) is 0 Å². The molecule has 19 heavy (non-hydrogen) atoms. The fraction of sp³-hybridized carbons (Fsp3) is 0.154. The standard InChI is InChI=1S/C13H13N5O/c1-8-7-10(14)3-4-11(8)19-13-12-17-16-9(2)18(12)6-5-15-13/h3-7H,14H2,1-2H3. The van der Waals surface area contributed by atoms with Crippen molar-refractivity contribution in [3.05, 3.63) is 42.0 Å². The third kappa shape index (κ3) is 1.97. The van der Waals surface area contributed by atoms with Crippen LogP contribution in [0, 0.1) is 13.8 Å². The van der Waals surface area contributed by atoms with E-state index in [0.717, 1.165) is 11.4 Å². The molecule has 0 amide bonds. The van der Waals surface area contributed by atoms with Crippen LogP contribution in [0.1, 0.15) is 11.4 Å². The third-order valence-corrected chi connectivity index (χ3v) is 2.87. The van der Waals surface area contributed by atoms with E-state index in [-0.39, 0.29) is 0 Å². The molecule has 2 aromatic heterocycles. The lowest BCUT2D eigenvalue weighted by Crippen LogP contribution is -1.96. The molecule has 1 aromatic carbocycles. The van der Waals surface area contributed by atoms with E-state index in [9.17, 15) is 0 Å². The second-order valence-corrected chi connectivity index (χ2v) is 4.30. The topological polar surface area (TPSA) is 78.3 Å². The molecule has 96 valence electrons. The minimum Gasteiger partial charge on any atom is -0.436 e. The number of rotatable bonds is 2. The number of hydrogen-bond acceptors (Lipinski definition) is 5. The molecule has 0 saturated heterocycles. The van der Waals surface area contributed by atoms with E-state index < -0.39 is 0 Å². The number of aryl methyl sites for hydroxylation is 2. The first kappa shape index (κ1) is 11.5. The average Bonchev–Trinajstić information content (AvgIpc) is 2.76. The van der Waals surface area contributed by atoms with E-state index in [0.29, 0.717) is 23.0 Å². The number of nitrogen functional groups attached to an aromatic ring is 1. The van der Waals surface area contributed by atoms with Crippen LogP contribution in [0.5, 0.6) is 11.6 Å². The van der Waals surface area contributed by atoms with E-state index in [2.05, 4.69) is 15.2 Å². The Morgan fingerprint density at radius 2 is 2.05 bits per heavy atom. The second kappa shape index (κ2) is 4.24. The number of benzene rings is 1. The van der Waals surface area contributed by atoms with Gasteiger partial charge in [0.15, 0.2) is 0 Å². The normalized spacial score (nSPS) is 10.8. The van der Waals surface area contributed by atoms with Crippen molar-refractivity contribution in [1.29, 1.82) is 0 Å². The Balaban J connectivity index is 2.06. The molecule has 0 aliphatic rings. The minimum absolute atomic E-state index is 0.427. The summed E-state index contributed by atoms with van der Waals surface area (Å²) in [4.78, 5) is 4.20. The molecule has 3 aromatic rings. The SMILES string of the molecule is Cc1cc(N)ccc1Oc1nccn2c(C)nnc12. The van der Waals surface area contributed by atoms with Crippen molar-refractivity contribution in [2.75, 3.05) is 5.73 Å². The molecule has 0 spiro atoms. The van der Waals surface area contributed by atoms with Gasteiger partial charge < -0.3 is 10.5 Å². The van der Waals surface area contributed by atoms with Gasteiger partial charge in [0.05, 0.1) is 0 Å². The largest absolute Gasteiger partial charge is 0.436 e. The van der Waals surface area contributed by atoms with Gasteiger partial charge in [0.1, 0.15) is 11.6 Å². The Morgan fingerprint density at radius 3 is 2.84 bits per heavy atom. The highest BCUT2D eigenvalue weighted by molar-refractivity contribution is 5.53. The molecular weight excluding hydrogens is 242 g/mol. The van der Waals surface area contributed by atoms with Crippen molar-refractivity contribution in [3.63, 3.8) is 0 Å². The van der Waals surface area contributed by atoms with Gasteiger partial charge >= 0.3 is 0 Å². The Hall–Kier alpha value is -2.63. The summed E-state index contributed by atoms with van der Waals surface area (Å²) >= 11 is 0. The van der Waals surface area contributed by atoms with Crippen molar-refractivity contribution < 1.29 is 4.74 Å². The van der Waals surface area contributed by atoms with Gasteiger partial charge in [-0.1, -0.05) is 0 Å². The fourth-order valence-electron chi connectivity index (χ4n) is 1.88. The second-order valence-electron chi connectivity index (χ2n) is 4.30. The Morgan fingerprint density at radius 1 is 1.21 bits per heavy atom. The molecule has 0 bridgehead atoms. The summed E-state index contributed by atoms with van der Waals surface area (Å²) in [5.41, 5.74) is 7.96. The van der Waals surface area contributed by atoms with E-state index in [4.69, 9.17) is 10.5 Å². The molecule has 2 N–H and O–H groups in total. The highest BCUT2D eigenvalue weighted by Crippen LogP contribution is 2.27. The van der Waals surface area contributed by atoms with Crippen LogP contribution in [-0.4, -0.2) is 19.6 Å². The Bertz CT molecular complexity index is 750. The lowest BCUT2D eigenvalue weighted by atomic mass is 10.2. The molecule has 3 rings (SSSR count). The predicted molar refractivity (Wildman–Crippen MR) is 71.2 cm³/mol. The molecule has 0 aliphatic carbocycles. The molecule has 2 heterocycles. The van der Waals surface area contributed by atoms with Gasteiger partial charge in [-0.15, -0.1) is 10.2 Å². The van der Waals surface area contributed by atoms with E-state index in [1.807, 2.05) is 30.4 Å². The molecule has 6 heteroatoms. The molecule has 6 nitrogen and oxygen atoms in total. The first-order valence-electron chi connectivity index (χ1n) is 5.85. The van der Waals surface area contributed by atoms with Crippen LogP contribution >= 0.6 is 0 Å². The minimum atomic E-state index is 0.427. The number of aromatic nitrogens is 4. The number of nitrogens with zero attached hydrogens (tertiary/aromatic N) is 4. The summed E-state index contributed by atoms with van der Waals surface area (Å²) in [6.07, 6.45) is 3.46. The maximum atomic E-state index is 5.80. The molecule has 0 unspecified atom stereocenters. The lowest BCUT2D eigenvalue weighted by Gasteiger charge is -2.08. The Kier molecular flexibility index (Phi) is 2.56. The van der Waals surface area contributed by atoms with Crippen LogP contribution in [0.15, 0.2) is 30.6 Å². The molecule has 0 saturated carbocycles. The van der Waals surface area contributed by atoms with E-state index in [1.54, 1.807) is 18.5 Å². The van der Waals surface area contributed by atoms with Crippen molar-refractivity contribution in [1.82, 2.24) is 19.6 Å². The van der Waals surface area contributed by atoms with Gasteiger partial charge in [0.2, 0.25) is 5.65 Å².